The Balaban J connectivity index is 1.81. The maximum absolute atomic E-state index is 14.5. The lowest BCUT2D eigenvalue weighted by atomic mass is 10.0. The topological polar surface area (TPSA) is 86.8 Å². The minimum absolute atomic E-state index is 0.0664. The highest BCUT2D eigenvalue weighted by molar-refractivity contribution is 7.92. The normalized spacial score (nSPS) is 12.0. The van der Waals surface area contributed by atoms with Gasteiger partial charge in [0.2, 0.25) is 11.8 Å². The molecule has 4 aromatic rings. The van der Waals surface area contributed by atoms with E-state index in [1.54, 1.807) is 54.6 Å². The van der Waals surface area contributed by atoms with Gasteiger partial charge in [-0.1, -0.05) is 92.2 Å². The second kappa shape index (κ2) is 15.2. The Labute approximate surface area is 271 Å². The monoisotopic (exact) mass is 645 g/mol. The number of halogens is 1. The molecule has 1 unspecified atom stereocenters. The van der Waals surface area contributed by atoms with Crippen molar-refractivity contribution in [3.05, 3.63) is 130 Å². The molecule has 0 aliphatic carbocycles. The summed E-state index contributed by atoms with van der Waals surface area (Å²) in [7, 11) is -4.15. The van der Waals surface area contributed by atoms with Crippen molar-refractivity contribution in [2.45, 2.75) is 51.6 Å². The molecule has 0 heterocycles. The maximum atomic E-state index is 14.5. The third-order valence-corrected chi connectivity index (χ3v) is 9.37. The average Bonchev–Trinajstić information content (AvgIpc) is 3.01. The van der Waals surface area contributed by atoms with Crippen molar-refractivity contribution in [1.82, 2.24) is 10.2 Å². The third kappa shape index (κ3) is 9.19. The van der Waals surface area contributed by atoms with E-state index in [4.69, 9.17) is 11.6 Å². The van der Waals surface area contributed by atoms with Gasteiger partial charge >= 0.3 is 0 Å². The predicted octanol–water partition coefficient (Wildman–Crippen LogP) is 6.56. The van der Waals surface area contributed by atoms with Crippen LogP contribution >= 0.6 is 11.6 Å². The summed E-state index contributed by atoms with van der Waals surface area (Å²) < 4.78 is 29.4. The van der Waals surface area contributed by atoms with E-state index < -0.39 is 28.5 Å². The van der Waals surface area contributed by atoms with Crippen LogP contribution in [0.2, 0.25) is 5.02 Å². The summed E-state index contributed by atoms with van der Waals surface area (Å²) in [6, 6.07) is 29.2. The van der Waals surface area contributed by atoms with E-state index in [2.05, 4.69) is 5.32 Å². The lowest BCUT2D eigenvalue weighted by Gasteiger charge is -2.34. The van der Waals surface area contributed by atoms with Gasteiger partial charge < -0.3 is 10.2 Å². The number of amides is 2. The van der Waals surface area contributed by atoms with E-state index in [1.807, 2.05) is 64.1 Å². The van der Waals surface area contributed by atoms with Crippen LogP contribution in [0, 0.1) is 19.8 Å². The summed E-state index contributed by atoms with van der Waals surface area (Å²) in [6.45, 7) is 7.77. The van der Waals surface area contributed by atoms with Crippen LogP contribution < -0.4 is 9.62 Å². The van der Waals surface area contributed by atoms with E-state index in [-0.39, 0.29) is 29.7 Å². The molecule has 236 valence electrons. The highest BCUT2D eigenvalue weighted by Crippen LogP contribution is 2.27. The molecule has 0 aromatic heterocycles. The smallest absolute Gasteiger partial charge is 0.264 e. The maximum Gasteiger partial charge on any atom is 0.264 e. The first-order chi connectivity index (χ1) is 21.4. The van der Waals surface area contributed by atoms with Crippen LogP contribution in [0.4, 0.5) is 5.69 Å². The van der Waals surface area contributed by atoms with Gasteiger partial charge in [-0.25, -0.2) is 8.42 Å². The van der Waals surface area contributed by atoms with Crippen LogP contribution in [0.3, 0.4) is 0 Å². The fraction of sp³-hybridized carbons (Fsp3) is 0.278. The Bertz CT molecular complexity index is 1680. The number of aryl methyl sites for hydroxylation is 2. The molecule has 45 heavy (non-hydrogen) atoms. The Morgan fingerprint density at radius 2 is 1.38 bits per heavy atom. The zero-order valence-corrected chi connectivity index (χ0v) is 27.7. The van der Waals surface area contributed by atoms with Gasteiger partial charge in [0.1, 0.15) is 12.6 Å². The van der Waals surface area contributed by atoms with E-state index in [1.165, 1.54) is 17.0 Å². The van der Waals surface area contributed by atoms with Gasteiger partial charge in [-0.2, -0.15) is 0 Å². The molecule has 7 nitrogen and oxygen atoms in total. The van der Waals surface area contributed by atoms with Crippen LogP contribution in [0.1, 0.15) is 36.1 Å². The van der Waals surface area contributed by atoms with Crippen LogP contribution in [0.15, 0.2) is 108 Å². The average molecular weight is 646 g/mol. The minimum Gasteiger partial charge on any atom is -0.354 e. The van der Waals surface area contributed by atoms with Crippen molar-refractivity contribution in [1.29, 1.82) is 0 Å². The molecule has 9 heteroatoms. The molecule has 0 bridgehead atoms. The first kappa shape index (κ1) is 33.7. The summed E-state index contributed by atoms with van der Waals surface area (Å²) in [4.78, 5) is 29.9. The molecule has 0 fully saturated rings. The van der Waals surface area contributed by atoms with Gasteiger partial charge in [-0.15, -0.1) is 0 Å². The molecular formula is C36H40ClN3O4S. The number of anilines is 1. The van der Waals surface area contributed by atoms with Gasteiger partial charge in [0.05, 0.1) is 10.6 Å². The van der Waals surface area contributed by atoms with Crippen LogP contribution in [-0.2, 0) is 32.6 Å². The van der Waals surface area contributed by atoms with Gasteiger partial charge in [0.15, 0.2) is 0 Å². The molecule has 0 aliphatic rings. The quantitative estimate of drug-likeness (QED) is 0.178. The van der Waals surface area contributed by atoms with Gasteiger partial charge in [0.25, 0.3) is 10.0 Å². The number of rotatable bonds is 13. The molecule has 0 spiro atoms. The van der Waals surface area contributed by atoms with Gasteiger partial charge in [-0.05, 0) is 78.4 Å². The Morgan fingerprint density at radius 1 is 0.800 bits per heavy atom. The molecule has 0 radical (unpaired) electrons. The zero-order valence-electron chi connectivity index (χ0n) is 26.1. The van der Waals surface area contributed by atoms with Crippen LogP contribution in [-0.4, -0.2) is 44.3 Å². The summed E-state index contributed by atoms with van der Waals surface area (Å²) >= 11 is 6.15. The standard InChI is InChI=1S/C36H40ClN3O4S/c1-26(2)23-38-36(42)34(22-29-11-7-5-8-12-29)39(24-30-15-17-31(37)18-16-30)35(41)25-40(32-20-27(3)19-28(4)21-32)45(43,44)33-13-9-6-10-14-33/h5-21,26,34H,22-25H2,1-4H3,(H,38,42). The van der Waals surface area contributed by atoms with Crippen molar-refractivity contribution >= 4 is 39.1 Å². The highest BCUT2D eigenvalue weighted by Gasteiger charge is 2.34. The first-order valence-corrected chi connectivity index (χ1v) is 16.8. The Kier molecular flexibility index (Phi) is 11.4. The summed E-state index contributed by atoms with van der Waals surface area (Å²) in [5.74, 6) is -0.620. The predicted molar refractivity (Wildman–Crippen MR) is 181 cm³/mol. The molecule has 0 saturated carbocycles. The highest BCUT2D eigenvalue weighted by atomic mass is 35.5. The summed E-state index contributed by atoms with van der Waals surface area (Å²) in [6.07, 6.45) is 0.249. The molecule has 4 aromatic carbocycles. The van der Waals surface area contributed by atoms with Crippen LogP contribution in [0.5, 0.6) is 0 Å². The minimum atomic E-state index is -4.15. The number of sulfonamides is 1. The number of hydrogen-bond acceptors (Lipinski definition) is 4. The Morgan fingerprint density at radius 3 is 1.96 bits per heavy atom. The molecule has 4 rings (SSSR count). The zero-order chi connectivity index (χ0) is 32.6. The van der Waals surface area contributed by atoms with Gasteiger partial charge in [0, 0.05) is 24.5 Å². The van der Waals surface area contributed by atoms with E-state index >= 15 is 0 Å². The second-order valence-corrected chi connectivity index (χ2v) is 14.0. The summed E-state index contributed by atoms with van der Waals surface area (Å²) in [5.41, 5.74) is 3.73. The second-order valence-electron chi connectivity index (χ2n) is 11.7. The fourth-order valence-electron chi connectivity index (χ4n) is 5.11. The van der Waals surface area contributed by atoms with Crippen molar-refractivity contribution in [3.63, 3.8) is 0 Å². The molecule has 1 N–H and O–H groups in total. The van der Waals surface area contributed by atoms with Crippen molar-refractivity contribution in [2.24, 2.45) is 5.92 Å². The van der Waals surface area contributed by atoms with E-state index in [0.29, 0.717) is 17.3 Å². The number of nitrogens with zero attached hydrogens (tertiary/aromatic N) is 2. The van der Waals surface area contributed by atoms with Crippen molar-refractivity contribution in [2.75, 3.05) is 17.4 Å². The van der Waals surface area contributed by atoms with E-state index in [9.17, 15) is 18.0 Å². The number of nitrogens with one attached hydrogen (secondary N) is 1. The number of hydrogen-bond donors (Lipinski definition) is 1. The number of carbonyl (C=O) groups excluding carboxylic acids is 2. The van der Waals surface area contributed by atoms with Gasteiger partial charge in [-0.3, -0.25) is 13.9 Å². The van der Waals surface area contributed by atoms with Crippen LogP contribution in [0.25, 0.3) is 0 Å². The molecule has 1 atom stereocenters. The van der Waals surface area contributed by atoms with Crippen molar-refractivity contribution < 1.29 is 18.0 Å². The van der Waals surface area contributed by atoms with Crippen molar-refractivity contribution in [3.8, 4) is 0 Å². The number of benzene rings is 4. The fourth-order valence-corrected chi connectivity index (χ4v) is 6.65. The Hall–Kier alpha value is -4.14. The summed E-state index contributed by atoms with van der Waals surface area (Å²) in [5, 5.41) is 3.55. The lowest BCUT2D eigenvalue weighted by Crippen LogP contribution is -2.53. The molecular weight excluding hydrogens is 606 g/mol. The first-order valence-electron chi connectivity index (χ1n) is 15.0. The molecule has 0 aliphatic heterocycles. The molecule has 0 saturated heterocycles. The van der Waals surface area contributed by atoms with E-state index in [0.717, 1.165) is 26.6 Å². The third-order valence-electron chi connectivity index (χ3n) is 7.33. The largest absolute Gasteiger partial charge is 0.354 e. The SMILES string of the molecule is Cc1cc(C)cc(N(CC(=O)N(Cc2ccc(Cl)cc2)C(Cc2ccccc2)C(=O)NCC(C)C)S(=O)(=O)c2ccccc2)c1. The number of carbonyl (C=O) groups is 2. The molecule has 2 amide bonds. The lowest BCUT2D eigenvalue weighted by molar-refractivity contribution is -0.140.